The molecule has 2 heterocycles. The third-order valence-corrected chi connectivity index (χ3v) is 10.1. The Labute approximate surface area is 203 Å². The van der Waals surface area contributed by atoms with Gasteiger partial charge < -0.3 is 5.11 Å². The van der Waals surface area contributed by atoms with E-state index in [0.717, 1.165) is 44.3 Å². The van der Waals surface area contributed by atoms with Gasteiger partial charge in [-0.3, -0.25) is 18.3 Å². The first kappa shape index (κ1) is 23.9. The molecule has 0 unspecified atom stereocenters. The Bertz CT molecular complexity index is 1050. The van der Waals surface area contributed by atoms with Crippen molar-refractivity contribution in [2.45, 2.75) is 69.5 Å². The number of aromatic hydroxyl groups is 1. The number of nitrogens with zero attached hydrogens (tertiary/aromatic N) is 3. The maximum Gasteiger partial charge on any atom is 0.125 e. The lowest BCUT2D eigenvalue weighted by molar-refractivity contribution is 0.100. The molecule has 2 saturated heterocycles. The lowest BCUT2D eigenvalue weighted by Gasteiger charge is -2.51. The van der Waals surface area contributed by atoms with Gasteiger partial charge in [0.05, 0.1) is 11.2 Å². The van der Waals surface area contributed by atoms with Gasteiger partial charge in [0, 0.05) is 32.7 Å². The zero-order chi connectivity index (χ0) is 24.1. The molecule has 5 rings (SSSR count). The highest BCUT2D eigenvalue weighted by molar-refractivity contribution is 8.23. The van der Waals surface area contributed by atoms with Crippen LogP contribution in [0.25, 0.3) is 0 Å². The topological polar surface area (TPSA) is 70.4 Å². The maximum absolute atomic E-state index is 14.1. The molecule has 1 aliphatic carbocycles. The van der Waals surface area contributed by atoms with Crippen LogP contribution < -0.4 is 4.31 Å². The van der Waals surface area contributed by atoms with Gasteiger partial charge in [-0.15, -0.1) is 0 Å². The summed E-state index contributed by atoms with van der Waals surface area (Å²) in [4.78, 5) is 2.43. The molecule has 1 spiro atoms. The van der Waals surface area contributed by atoms with Crippen molar-refractivity contribution in [3.05, 3.63) is 59.4 Å². The summed E-state index contributed by atoms with van der Waals surface area (Å²) in [5, 5.41) is 10.4. The predicted molar refractivity (Wildman–Crippen MR) is 136 cm³/mol. The van der Waals surface area contributed by atoms with Crippen molar-refractivity contribution in [3.63, 3.8) is 0 Å². The van der Waals surface area contributed by atoms with Crippen molar-refractivity contribution >= 4 is 16.6 Å². The molecule has 2 aromatic carbocycles. The van der Waals surface area contributed by atoms with E-state index in [1.165, 1.54) is 30.5 Å². The molecule has 34 heavy (non-hydrogen) atoms. The smallest absolute Gasteiger partial charge is 0.125 e. The van der Waals surface area contributed by atoms with Crippen LogP contribution in [-0.2, 0) is 6.54 Å². The highest BCUT2D eigenvalue weighted by Gasteiger charge is 2.55. The van der Waals surface area contributed by atoms with Crippen LogP contribution in [0.5, 0.6) is 5.75 Å². The van der Waals surface area contributed by atoms with Crippen molar-refractivity contribution in [3.8, 4) is 5.75 Å². The second-order valence-corrected chi connectivity index (χ2v) is 12.4. The molecule has 186 valence electrons. The van der Waals surface area contributed by atoms with Crippen LogP contribution in [0, 0.1) is 5.82 Å². The molecule has 0 bridgehead atoms. The summed E-state index contributed by atoms with van der Waals surface area (Å²) in [5.41, 5.74) is 2.34. The number of anilines is 1. The highest BCUT2D eigenvalue weighted by Crippen LogP contribution is 2.61. The first-order chi connectivity index (χ1) is 16.2. The van der Waals surface area contributed by atoms with Crippen molar-refractivity contribution < 1.29 is 18.6 Å². The van der Waals surface area contributed by atoms with Crippen molar-refractivity contribution in [1.29, 1.82) is 0 Å². The van der Waals surface area contributed by atoms with Crippen LogP contribution in [0.15, 0.2) is 42.5 Å². The number of piperidine rings is 1. The quantitative estimate of drug-likeness (QED) is 0.493. The summed E-state index contributed by atoms with van der Waals surface area (Å²) in [6.45, 7) is 4.31. The van der Waals surface area contributed by atoms with Gasteiger partial charge >= 0.3 is 0 Å². The number of benzene rings is 2. The molecule has 2 aliphatic heterocycles. The molecule has 3 aliphatic rings. The first-order valence-corrected chi connectivity index (χ1v) is 13.8. The van der Waals surface area contributed by atoms with Gasteiger partial charge in [0.1, 0.15) is 11.6 Å². The number of phenolic OH excluding ortho intramolecular Hbond substituents is 1. The lowest BCUT2D eigenvalue weighted by atomic mass is 9.82. The summed E-state index contributed by atoms with van der Waals surface area (Å²) in [6.07, 6.45) is 6.26. The van der Waals surface area contributed by atoms with Crippen LogP contribution in [0.1, 0.15) is 62.5 Å². The van der Waals surface area contributed by atoms with Crippen LogP contribution in [0.4, 0.5) is 10.1 Å². The Morgan fingerprint density at radius 3 is 2.59 bits per heavy atom. The molecule has 0 radical (unpaired) electrons. The first-order valence-electron chi connectivity index (χ1n) is 12.3. The molecule has 0 aromatic heterocycles. The average Bonchev–Trinajstić information content (AvgIpc) is 3.37. The fourth-order valence-electron chi connectivity index (χ4n) is 6.40. The fourth-order valence-corrected chi connectivity index (χ4v) is 8.23. The largest absolute Gasteiger partial charge is 0.508 e. The van der Waals surface area contributed by atoms with Crippen LogP contribution in [0.3, 0.4) is 0 Å². The second-order valence-electron chi connectivity index (χ2n) is 10.4. The standard InChI is InChI=1S/C26H36FN3O3S/c1-19-16-26(18-28(2)34(32,33)30(26)23-9-5-8-22(27)15-23)12-13-29(19)17-20-10-11-25(31)24(14-20)21-6-3-4-7-21/h5,8-11,14-15,19,21,31-33H,3-4,6-7,12-13,16-18H2,1-2H3/t19-,26+/m0/s1. The van der Waals surface area contributed by atoms with Crippen molar-refractivity contribution in [2.75, 3.05) is 24.4 Å². The van der Waals surface area contributed by atoms with Crippen LogP contribution in [0.2, 0.25) is 0 Å². The maximum atomic E-state index is 14.1. The van der Waals surface area contributed by atoms with E-state index in [0.29, 0.717) is 23.9 Å². The van der Waals surface area contributed by atoms with Crippen molar-refractivity contribution in [1.82, 2.24) is 9.21 Å². The van der Waals surface area contributed by atoms with E-state index in [9.17, 15) is 18.6 Å². The van der Waals surface area contributed by atoms with Crippen molar-refractivity contribution in [2.24, 2.45) is 0 Å². The van der Waals surface area contributed by atoms with Crippen LogP contribution >= 0.6 is 11.0 Å². The van der Waals surface area contributed by atoms with Crippen LogP contribution in [-0.4, -0.2) is 55.1 Å². The minimum absolute atomic E-state index is 0.204. The molecule has 3 fully saturated rings. The normalized spacial score (nSPS) is 29.2. The summed E-state index contributed by atoms with van der Waals surface area (Å²) in [5.74, 6) is 0.487. The monoisotopic (exact) mass is 489 g/mol. The number of likely N-dealkylation sites (N-methyl/N-ethyl adjacent to an activating group) is 1. The SMILES string of the molecule is C[C@H]1C[C@]2(CCN1Cc1ccc(O)c(C3CCCC3)c1)CN(C)S(O)(O)N2c1cccc(F)c1. The molecule has 1 saturated carbocycles. The number of hydrogen-bond donors (Lipinski definition) is 3. The minimum atomic E-state index is -3.21. The third kappa shape index (κ3) is 4.20. The van der Waals surface area contributed by atoms with E-state index in [1.807, 2.05) is 12.1 Å². The van der Waals surface area contributed by atoms with Gasteiger partial charge in [0.15, 0.2) is 0 Å². The number of likely N-dealkylation sites (tertiary alicyclic amines) is 1. The molecule has 0 amide bonds. The summed E-state index contributed by atoms with van der Waals surface area (Å²) in [7, 11) is -1.48. The zero-order valence-electron chi connectivity index (χ0n) is 20.0. The molecular formula is C26H36FN3O3S. The molecule has 8 heteroatoms. The number of hydrogen-bond acceptors (Lipinski definition) is 6. The van der Waals surface area contributed by atoms with Gasteiger partial charge in [-0.2, -0.15) is 4.31 Å². The Morgan fingerprint density at radius 1 is 1.12 bits per heavy atom. The number of rotatable bonds is 4. The molecular weight excluding hydrogens is 453 g/mol. The third-order valence-electron chi connectivity index (χ3n) is 8.09. The van der Waals surface area contributed by atoms with E-state index in [4.69, 9.17) is 0 Å². The predicted octanol–water partition coefficient (Wildman–Crippen LogP) is 5.94. The Balaban J connectivity index is 1.36. The molecule has 6 nitrogen and oxygen atoms in total. The average molecular weight is 490 g/mol. The molecule has 2 aromatic rings. The Morgan fingerprint density at radius 2 is 1.88 bits per heavy atom. The lowest BCUT2D eigenvalue weighted by Crippen LogP contribution is -2.57. The van der Waals surface area contributed by atoms with E-state index < -0.39 is 16.5 Å². The Hall–Kier alpha value is -1.84. The van der Waals surface area contributed by atoms with Gasteiger partial charge in [-0.25, -0.2) is 4.39 Å². The van der Waals surface area contributed by atoms with E-state index in [2.05, 4.69) is 17.9 Å². The van der Waals surface area contributed by atoms with E-state index in [-0.39, 0.29) is 11.9 Å². The fraction of sp³-hybridized carbons (Fsp3) is 0.538. The second kappa shape index (κ2) is 8.99. The Kier molecular flexibility index (Phi) is 6.31. The van der Waals surface area contributed by atoms with Gasteiger partial charge in [-0.05, 0) is 73.9 Å². The van der Waals surface area contributed by atoms with E-state index in [1.54, 1.807) is 27.8 Å². The summed E-state index contributed by atoms with van der Waals surface area (Å²) < 4.78 is 39.5. The summed E-state index contributed by atoms with van der Waals surface area (Å²) >= 11 is 0. The van der Waals surface area contributed by atoms with E-state index >= 15 is 0 Å². The number of halogens is 1. The van der Waals surface area contributed by atoms with Gasteiger partial charge in [0.2, 0.25) is 0 Å². The minimum Gasteiger partial charge on any atom is -0.508 e. The highest BCUT2D eigenvalue weighted by atomic mass is 32.3. The van der Waals surface area contributed by atoms with Gasteiger partial charge in [-0.1, -0.05) is 42.0 Å². The number of phenols is 1. The molecule has 2 atom stereocenters. The summed E-state index contributed by atoms with van der Waals surface area (Å²) in [6, 6.07) is 12.4. The molecule has 3 N–H and O–H groups in total. The van der Waals surface area contributed by atoms with Gasteiger partial charge in [0.25, 0.3) is 0 Å². The zero-order valence-corrected chi connectivity index (χ0v) is 20.8.